The van der Waals surface area contributed by atoms with E-state index in [0.29, 0.717) is 21.9 Å². The van der Waals surface area contributed by atoms with Crippen LogP contribution in [-0.2, 0) is 9.59 Å². The highest BCUT2D eigenvalue weighted by molar-refractivity contribution is 7.22. The van der Waals surface area contributed by atoms with Crippen LogP contribution < -0.4 is 0 Å². The second-order valence-electron chi connectivity index (χ2n) is 11.3. The Bertz CT molecular complexity index is 2390. The Labute approximate surface area is 264 Å². The van der Waals surface area contributed by atoms with Crippen LogP contribution in [0, 0.1) is 37.1 Å². The molecule has 0 atom stereocenters. The van der Waals surface area contributed by atoms with E-state index in [1.54, 1.807) is 0 Å². The second kappa shape index (κ2) is 9.72. The second-order valence-corrected chi connectivity index (χ2v) is 13.5. The van der Waals surface area contributed by atoms with Crippen LogP contribution in [0.2, 0.25) is 0 Å². The topological polar surface area (TPSA) is 68.3 Å². The van der Waals surface area contributed by atoms with Gasteiger partial charge in [-0.2, -0.15) is 0 Å². The molecule has 6 aromatic rings. The number of allylic oxidation sites excluding steroid dienone is 2. The van der Waals surface area contributed by atoms with Crippen LogP contribution in [0.15, 0.2) is 48.5 Å². The molecule has 0 bridgehead atoms. The van der Waals surface area contributed by atoms with Crippen molar-refractivity contribution in [2.24, 2.45) is 0 Å². The molecule has 2 aliphatic rings. The van der Waals surface area contributed by atoms with Crippen LogP contribution in [0.5, 0.6) is 0 Å². The van der Waals surface area contributed by atoms with Crippen molar-refractivity contribution in [2.75, 3.05) is 0 Å². The fourth-order valence-electron chi connectivity index (χ4n) is 6.39. The van der Waals surface area contributed by atoms with Gasteiger partial charge in [-0.1, -0.05) is 0 Å². The van der Waals surface area contributed by atoms with Crippen LogP contribution in [-0.4, -0.2) is 23.1 Å². The molecule has 0 aliphatic heterocycles. The lowest BCUT2D eigenvalue weighted by Crippen LogP contribution is -2.07. The summed E-state index contributed by atoms with van der Waals surface area (Å²) in [6.45, 7) is 3.86. The van der Waals surface area contributed by atoms with Crippen LogP contribution >= 0.6 is 22.7 Å². The van der Waals surface area contributed by atoms with E-state index >= 15 is 0 Å². The minimum absolute atomic E-state index is 0.0669. The summed E-state index contributed by atoms with van der Waals surface area (Å²) >= 11 is 2.74. The molecular formula is C36H16F4O4S2. The first-order chi connectivity index (χ1) is 21.9. The Balaban J connectivity index is 1.29. The van der Waals surface area contributed by atoms with Crippen molar-refractivity contribution in [3.8, 4) is 0 Å². The molecular weight excluding hydrogens is 637 g/mol. The Kier molecular flexibility index (Phi) is 6.00. The third-order valence-electron chi connectivity index (χ3n) is 8.47. The summed E-state index contributed by atoms with van der Waals surface area (Å²) in [7, 11) is 0. The zero-order valence-corrected chi connectivity index (χ0v) is 25.4. The molecule has 0 amide bonds. The van der Waals surface area contributed by atoms with Gasteiger partial charge in [0, 0.05) is 64.3 Å². The van der Waals surface area contributed by atoms with Crippen molar-refractivity contribution in [3.05, 3.63) is 115 Å². The average Bonchev–Trinajstić information content (AvgIpc) is 3.72. The number of halogens is 4. The normalized spacial score (nSPS) is 16.3. The predicted octanol–water partition coefficient (Wildman–Crippen LogP) is 9.05. The maximum Gasteiger partial charge on any atom is 0.237 e. The summed E-state index contributed by atoms with van der Waals surface area (Å²) < 4.78 is 58.7. The number of fused-ring (bicyclic) bond motifs is 7. The van der Waals surface area contributed by atoms with Gasteiger partial charge in [-0.05, 0) is 84.3 Å². The van der Waals surface area contributed by atoms with E-state index in [0.717, 1.165) is 54.2 Å². The van der Waals surface area contributed by atoms with E-state index in [2.05, 4.69) is 0 Å². The number of thiophene rings is 2. The molecule has 0 unspecified atom stereocenters. The molecule has 0 fully saturated rings. The SMILES string of the molecule is Cc1cc2c(cc(C)c3cc(/C=C4\C(=O)C(=O)c5c(F)cc(F)cc54)sc32)c2sc(/C=C3\C(=O)C(=O)c4c(F)cc(F)cc43)cc12. The number of hydrogen-bond acceptors (Lipinski definition) is 6. The monoisotopic (exact) mass is 652 g/mol. The number of benzene rings is 4. The minimum Gasteiger partial charge on any atom is -0.285 e. The zero-order chi connectivity index (χ0) is 32.3. The lowest BCUT2D eigenvalue weighted by atomic mass is 9.99. The Morgan fingerprint density at radius 3 is 1.28 bits per heavy atom. The Morgan fingerprint density at radius 1 is 0.500 bits per heavy atom. The highest BCUT2D eigenvalue weighted by atomic mass is 32.1. The first-order valence-electron chi connectivity index (χ1n) is 13.9. The van der Waals surface area contributed by atoms with Gasteiger partial charge in [-0.3, -0.25) is 19.2 Å². The van der Waals surface area contributed by atoms with Crippen molar-refractivity contribution in [2.45, 2.75) is 13.8 Å². The van der Waals surface area contributed by atoms with E-state index in [9.17, 15) is 36.7 Å². The predicted molar refractivity (Wildman–Crippen MR) is 171 cm³/mol. The van der Waals surface area contributed by atoms with Gasteiger partial charge in [-0.25, -0.2) is 17.6 Å². The molecule has 8 rings (SSSR count). The Morgan fingerprint density at radius 2 is 0.891 bits per heavy atom. The van der Waals surface area contributed by atoms with Gasteiger partial charge in [0.1, 0.15) is 23.3 Å². The van der Waals surface area contributed by atoms with Gasteiger partial charge < -0.3 is 0 Å². The fraction of sp³-hybridized carbons (Fsp3) is 0.0556. The highest BCUT2D eigenvalue weighted by Gasteiger charge is 2.38. The van der Waals surface area contributed by atoms with Crippen molar-refractivity contribution < 1.29 is 36.7 Å². The van der Waals surface area contributed by atoms with E-state index in [4.69, 9.17) is 0 Å². The van der Waals surface area contributed by atoms with E-state index in [-0.39, 0.29) is 22.3 Å². The molecule has 2 aliphatic carbocycles. The summed E-state index contributed by atoms with van der Waals surface area (Å²) in [5.41, 5.74) is 0.716. The molecule has 0 radical (unpaired) electrons. The number of carbonyl (C=O) groups is 4. The van der Waals surface area contributed by atoms with Crippen molar-refractivity contribution in [3.63, 3.8) is 0 Å². The molecule has 10 heteroatoms. The summed E-state index contributed by atoms with van der Waals surface area (Å²) in [4.78, 5) is 51.9. The molecule has 46 heavy (non-hydrogen) atoms. The van der Waals surface area contributed by atoms with Gasteiger partial charge in [0.15, 0.2) is 0 Å². The summed E-state index contributed by atoms with van der Waals surface area (Å²) in [6, 6.07) is 10.9. The number of hydrogen-bond donors (Lipinski definition) is 0. The largest absolute Gasteiger partial charge is 0.285 e. The van der Waals surface area contributed by atoms with Gasteiger partial charge >= 0.3 is 0 Å². The molecule has 4 aromatic carbocycles. The number of aryl methyl sites for hydroxylation is 2. The van der Waals surface area contributed by atoms with Gasteiger partial charge in [0.2, 0.25) is 23.1 Å². The van der Waals surface area contributed by atoms with Crippen molar-refractivity contribution >= 4 is 100 Å². The molecule has 4 nitrogen and oxygen atoms in total. The first kappa shape index (κ1) is 28.4. The summed E-state index contributed by atoms with van der Waals surface area (Å²) in [5.74, 6) is -7.74. The van der Waals surface area contributed by atoms with Gasteiger partial charge in [0.05, 0.1) is 11.1 Å². The third kappa shape index (κ3) is 3.96. The van der Waals surface area contributed by atoms with Crippen LogP contribution in [0.25, 0.3) is 54.2 Å². The highest BCUT2D eigenvalue weighted by Crippen LogP contribution is 2.44. The maximum absolute atomic E-state index is 14.4. The van der Waals surface area contributed by atoms with Crippen LogP contribution in [0.3, 0.4) is 0 Å². The first-order valence-corrected chi connectivity index (χ1v) is 15.5. The summed E-state index contributed by atoms with van der Waals surface area (Å²) in [6.07, 6.45) is 2.98. The van der Waals surface area contributed by atoms with E-state index < -0.39 is 57.5 Å². The molecule has 2 heterocycles. The van der Waals surface area contributed by atoms with Gasteiger partial charge in [-0.15, -0.1) is 22.7 Å². The molecule has 0 spiro atoms. The molecule has 224 valence electrons. The third-order valence-corrected chi connectivity index (χ3v) is 10.7. The maximum atomic E-state index is 14.4. The van der Waals surface area contributed by atoms with Crippen molar-refractivity contribution in [1.82, 2.24) is 0 Å². The lowest BCUT2D eigenvalue weighted by molar-refractivity contribution is -0.110. The van der Waals surface area contributed by atoms with Crippen LogP contribution in [0.1, 0.15) is 52.7 Å². The molecule has 0 saturated heterocycles. The summed E-state index contributed by atoms with van der Waals surface area (Å²) in [5, 5.41) is 3.63. The van der Waals surface area contributed by atoms with E-state index in [1.807, 2.05) is 38.1 Å². The molecule has 2 aromatic heterocycles. The van der Waals surface area contributed by atoms with Crippen molar-refractivity contribution in [1.29, 1.82) is 0 Å². The van der Waals surface area contributed by atoms with E-state index in [1.165, 1.54) is 34.8 Å². The smallest absolute Gasteiger partial charge is 0.237 e. The number of Topliss-reactive ketones (excluding diaryl/α,β-unsaturated/α-hetero) is 4. The fourth-order valence-corrected chi connectivity index (χ4v) is 8.79. The average molecular weight is 653 g/mol. The number of ketones is 4. The number of rotatable bonds is 2. The standard InChI is InChI=1S/C36H16F4O4S2/c1-13-3-25-26(35-19(13)9-17(45-35)11-23-21-5-15(37)7-27(39)29(21)33(43)31(23)41)4-14(2)20-10-18(46-36(20)25)12-24-22-6-16(38)8-28(40)30(22)34(44)32(24)42/h3-12H,1-2H3/b23-11-,24-12-. The molecule has 0 N–H and O–H groups in total. The zero-order valence-electron chi connectivity index (χ0n) is 23.7. The quantitative estimate of drug-likeness (QED) is 0.106. The Hall–Kier alpha value is -5.06. The van der Waals surface area contributed by atoms with Crippen LogP contribution in [0.4, 0.5) is 17.6 Å². The van der Waals surface area contributed by atoms with Gasteiger partial charge in [0.25, 0.3) is 0 Å². The number of carbonyl (C=O) groups excluding carboxylic acids is 4. The molecule has 0 saturated carbocycles. The lowest BCUT2D eigenvalue weighted by Gasteiger charge is -2.07. The minimum atomic E-state index is -1.08.